The van der Waals surface area contributed by atoms with Crippen LogP contribution in [0.4, 0.5) is 14.5 Å². The lowest BCUT2D eigenvalue weighted by Crippen LogP contribution is -2.08. The van der Waals surface area contributed by atoms with Crippen molar-refractivity contribution in [1.82, 2.24) is 14.4 Å². The maximum absolute atomic E-state index is 13.5. The highest BCUT2D eigenvalue weighted by Gasteiger charge is 2.09. The molecular weight excluding hydrogens is 354 g/mol. The summed E-state index contributed by atoms with van der Waals surface area (Å²) in [5, 5.41) is 2.75. The van der Waals surface area contributed by atoms with Crippen LogP contribution < -0.4 is 5.32 Å². The van der Waals surface area contributed by atoms with Crippen LogP contribution in [-0.2, 0) is 6.42 Å². The minimum absolute atomic E-state index is 0.155. The Labute approximate surface area is 134 Å². The molecular formula is C15H13BrF2N4. The van der Waals surface area contributed by atoms with Crippen molar-refractivity contribution in [1.29, 1.82) is 0 Å². The SMILES string of the molecule is Cc1cc(Br)cn2cc(CCNc3c(F)cncc3F)nc12. The number of fused-ring (bicyclic) bond motifs is 1. The van der Waals surface area contributed by atoms with Crippen molar-refractivity contribution < 1.29 is 8.78 Å². The number of nitrogens with zero attached hydrogens (tertiary/aromatic N) is 3. The maximum Gasteiger partial charge on any atom is 0.167 e. The molecule has 0 bridgehead atoms. The molecule has 0 aliphatic heterocycles. The number of rotatable bonds is 4. The number of anilines is 1. The highest BCUT2D eigenvalue weighted by molar-refractivity contribution is 9.10. The Hall–Kier alpha value is -2.02. The summed E-state index contributed by atoms with van der Waals surface area (Å²) in [5.41, 5.74) is 2.63. The van der Waals surface area contributed by atoms with Crippen molar-refractivity contribution in [3.05, 3.63) is 58.2 Å². The molecule has 0 amide bonds. The van der Waals surface area contributed by atoms with Crippen molar-refractivity contribution in [2.24, 2.45) is 0 Å². The maximum atomic E-state index is 13.5. The van der Waals surface area contributed by atoms with Gasteiger partial charge in [-0.2, -0.15) is 0 Å². The Morgan fingerprint density at radius 3 is 2.68 bits per heavy atom. The lowest BCUT2D eigenvalue weighted by Gasteiger charge is -2.06. The van der Waals surface area contributed by atoms with E-state index >= 15 is 0 Å². The van der Waals surface area contributed by atoms with E-state index in [-0.39, 0.29) is 5.69 Å². The standard InChI is InChI=1S/C15H13BrF2N4/c1-9-4-10(16)7-22-8-11(21-15(9)22)2-3-20-14-12(17)5-19-6-13(14)18/h4-8H,2-3H2,1H3,(H,19,20). The molecule has 22 heavy (non-hydrogen) atoms. The fourth-order valence-corrected chi connectivity index (χ4v) is 2.86. The Balaban J connectivity index is 1.73. The summed E-state index contributed by atoms with van der Waals surface area (Å²) in [6.07, 6.45) is 6.36. The Morgan fingerprint density at radius 1 is 1.23 bits per heavy atom. The Kier molecular flexibility index (Phi) is 4.06. The van der Waals surface area contributed by atoms with Crippen LogP contribution in [0.1, 0.15) is 11.3 Å². The zero-order valence-corrected chi connectivity index (χ0v) is 13.4. The van der Waals surface area contributed by atoms with Gasteiger partial charge >= 0.3 is 0 Å². The van der Waals surface area contributed by atoms with Gasteiger partial charge in [0.05, 0.1) is 18.1 Å². The Bertz CT molecular complexity index is 812. The zero-order chi connectivity index (χ0) is 15.7. The Morgan fingerprint density at radius 2 is 1.95 bits per heavy atom. The molecule has 0 saturated carbocycles. The summed E-state index contributed by atoms with van der Waals surface area (Å²) in [7, 11) is 0. The summed E-state index contributed by atoms with van der Waals surface area (Å²) in [6.45, 7) is 2.36. The van der Waals surface area contributed by atoms with E-state index < -0.39 is 11.6 Å². The van der Waals surface area contributed by atoms with E-state index in [9.17, 15) is 8.78 Å². The number of aryl methyl sites for hydroxylation is 1. The van der Waals surface area contributed by atoms with E-state index in [4.69, 9.17) is 0 Å². The first-order chi connectivity index (χ1) is 10.5. The molecule has 3 aromatic heterocycles. The average Bonchev–Trinajstić information content (AvgIpc) is 2.85. The number of nitrogens with one attached hydrogen (secondary N) is 1. The van der Waals surface area contributed by atoms with E-state index in [1.54, 1.807) is 0 Å². The second kappa shape index (κ2) is 6.00. The van der Waals surface area contributed by atoms with E-state index in [1.807, 2.05) is 29.8 Å². The third-order valence-electron chi connectivity index (χ3n) is 3.29. The molecule has 7 heteroatoms. The molecule has 1 N–H and O–H groups in total. The lowest BCUT2D eigenvalue weighted by atomic mass is 10.3. The van der Waals surface area contributed by atoms with Crippen LogP contribution in [0.5, 0.6) is 0 Å². The highest BCUT2D eigenvalue weighted by atomic mass is 79.9. The van der Waals surface area contributed by atoms with Gasteiger partial charge in [0.25, 0.3) is 0 Å². The van der Waals surface area contributed by atoms with Gasteiger partial charge in [0.2, 0.25) is 0 Å². The van der Waals surface area contributed by atoms with Crippen molar-refractivity contribution in [3.63, 3.8) is 0 Å². The number of imidazole rings is 1. The largest absolute Gasteiger partial charge is 0.380 e. The number of hydrogen-bond donors (Lipinski definition) is 1. The molecule has 0 aromatic carbocycles. The van der Waals surface area contributed by atoms with Crippen LogP contribution in [0, 0.1) is 18.6 Å². The second-order valence-corrected chi connectivity index (χ2v) is 5.88. The summed E-state index contributed by atoms with van der Waals surface area (Å²) in [5.74, 6) is -1.40. The minimum Gasteiger partial charge on any atom is -0.380 e. The van der Waals surface area contributed by atoms with E-state index in [2.05, 4.69) is 31.2 Å². The molecule has 0 aliphatic carbocycles. The molecule has 3 aromatic rings. The summed E-state index contributed by atoms with van der Waals surface area (Å²) in [4.78, 5) is 7.98. The summed E-state index contributed by atoms with van der Waals surface area (Å²) >= 11 is 3.44. The first-order valence-corrected chi connectivity index (χ1v) is 7.50. The van der Waals surface area contributed by atoms with Crippen molar-refractivity contribution in [3.8, 4) is 0 Å². The first-order valence-electron chi connectivity index (χ1n) is 6.71. The quantitative estimate of drug-likeness (QED) is 0.764. The third-order valence-corrected chi connectivity index (χ3v) is 3.72. The number of halogens is 3. The topological polar surface area (TPSA) is 42.2 Å². The van der Waals surface area contributed by atoms with Crippen LogP contribution >= 0.6 is 15.9 Å². The van der Waals surface area contributed by atoms with E-state index in [0.717, 1.165) is 33.8 Å². The van der Waals surface area contributed by atoms with Crippen LogP contribution in [-0.4, -0.2) is 20.9 Å². The van der Waals surface area contributed by atoms with Crippen molar-refractivity contribution in [2.75, 3.05) is 11.9 Å². The molecule has 0 aliphatic rings. The van der Waals surface area contributed by atoms with Gasteiger partial charge in [0.15, 0.2) is 11.6 Å². The molecule has 3 rings (SSSR count). The number of aromatic nitrogens is 3. The molecule has 3 heterocycles. The molecule has 0 saturated heterocycles. The highest BCUT2D eigenvalue weighted by Crippen LogP contribution is 2.18. The van der Waals surface area contributed by atoms with E-state index in [1.165, 1.54) is 0 Å². The molecule has 0 atom stereocenters. The van der Waals surface area contributed by atoms with Crippen molar-refractivity contribution in [2.45, 2.75) is 13.3 Å². The minimum atomic E-state index is -0.699. The average molecular weight is 367 g/mol. The van der Waals surface area contributed by atoms with Gasteiger partial charge < -0.3 is 9.72 Å². The molecule has 0 unspecified atom stereocenters. The van der Waals surface area contributed by atoms with E-state index in [0.29, 0.717) is 13.0 Å². The zero-order valence-electron chi connectivity index (χ0n) is 11.8. The van der Waals surface area contributed by atoms with Crippen LogP contribution in [0.2, 0.25) is 0 Å². The normalized spacial score (nSPS) is 11.1. The van der Waals surface area contributed by atoms with Gasteiger partial charge in [-0.05, 0) is 34.5 Å². The molecule has 0 fully saturated rings. The lowest BCUT2D eigenvalue weighted by molar-refractivity contribution is 0.578. The predicted molar refractivity (Wildman–Crippen MR) is 84.0 cm³/mol. The fourth-order valence-electron chi connectivity index (χ4n) is 2.29. The van der Waals surface area contributed by atoms with Crippen LogP contribution in [0.25, 0.3) is 5.65 Å². The second-order valence-electron chi connectivity index (χ2n) is 4.96. The van der Waals surface area contributed by atoms with Gasteiger partial charge in [0, 0.05) is 29.8 Å². The number of hydrogen-bond acceptors (Lipinski definition) is 3. The van der Waals surface area contributed by atoms with Crippen LogP contribution in [0.15, 0.2) is 35.3 Å². The monoisotopic (exact) mass is 366 g/mol. The smallest absolute Gasteiger partial charge is 0.167 e. The molecule has 4 nitrogen and oxygen atoms in total. The first kappa shape index (κ1) is 14.9. The van der Waals surface area contributed by atoms with Crippen molar-refractivity contribution >= 4 is 27.3 Å². The van der Waals surface area contributed by atoms with Gasteiger partial charge in [0.1, 0.15) is 11.3 Å². The van der Waals surface area contributed by atoms with Gasteiger partial charge in [-0.3, -0.25) is 4.98 Å². The molecule has 114 valence electrons. The van der Waals surface area contributed by atoms with Crippen LogP contribution in [0.3, 0.4) is 0 Å². The molecule has 0 radical (unpaired) electrons. The third kappa shape index (κ3) is 2.94. The van der Waals surface area contributed by atoms with Gasteiger partial charge in [-0.15, -0.1) is 0 Å². The van der Waals surface area contributed by atoms with Gasteiger partial charge in [-0.1, -0.05) is 0 Å². The molecule has 0 spiro atoms. The predicted octanol–water partition coefficient (Wildman–Crippen LogP) is 3.73. The number of pyridine rings is 2. The summed E-state index contributed by atoms with van der Waals surface area (Å²) in [6, 6.07) is 1.99. The van der Waals surface area contributed by atoms with Gasteiger partial charge in [-0.25, -0.2) is 13.8 Å². The fraction of sp³-hybridized carbons (Fsp3) is 0.200. The summed E-state index contributed by atoms with van der Waals surface area (Å²) < 4.78 is 29.8.